The number of carbonyl (C=O) groups excluding carboxylic acids is 1. The molecule has 0 aliphatic heterocycles. The van der Waals surface area contributed by atoms with Crippen LogP contribution in [0.2, 0.25) is 0 Å². The Morgan fingerprint density at radius 3 is 2.45 bits per heavy atom. The van der Waals surface area contributed by atoms with Crippen LogP contribution in [-0.2, 0) is 11.3 Å². The summed E-state index contributed by atoms with van der Waals surface area (Å²) in [7, 11) is 0. The van der Waals surface area contributed by atoms with Crippen LogP contribution in [0.5, 0.6) is 0 Å². The molecule has 1 amide bonds. The van der Waals surface area contributed by atoms with E-state index in [4.69, 9.17) is 0 Å². The summed E-state index contributed by atoms with van der Waals surface area (Å²) in [6, 6.07) is 20.4. The molecule has 4 aromatic rings. The third kappa shape index (κ3) is 4.63. The lowest BCUT2D eigenvalue weighted by atomic mass is 10.2. The Bertz CT molecular complexity index is 1130. The molecule has 0 aliphatic rings. The number of halogens is 2. The molecule has 7 heteroatoms. The van der Waals surface area contributed by atoms with Crippen molar-refractivity contribution in [2.75, 3.05) is 10.7 Å². The van der Waals surface area contributed by atoms with Crippen LogP contribution in [-0.4, -0.2) is 16.6 Å². The predicted molar refractivity (Wildman–Crippen MR) is 114 cm³/mol. The van der Waals surface area contributed by atoms with E-state index in [1.54, 1.807) is 29.2 Å². The van der Waals surface area contributed by atoms with Gasteiger partial charge < -0.3 is 0 Å². The molecule has 4 rings (SSSR count). The van der Waals surface area contributed by atoms with Crippen LogP contribution < -0.4 is 4.90 Å². The van der Waals surface area contributed by atoms with Gasteiger partial charge in [0.15, 0.2) is 5.13 Å². The van der Waals surface area contributed by atoms with Crippen molar-refractivity contribution < 1.29 is 13.6 Å². The molecule has 0 atom stereocenters. The van der Waals surface area contributed by atoms with Crippen molar-refractivity contribution >= 4 is 44.4 Å². The zero-order chi connectivity index (χ0) is 20.2. The number of aromatic nitrogens is 1. The van der Waals surface area contributed by atoms with Crippen molar-refractivity contribution in [2.45, 2.75) is 11.4 Å². The van der Waals surface area contributed by atoms with Gasteiger partial charge in [0.2, 0.25) is 5.91 Å². The summed E-state index contributed by atoms with van der Waals surface area (Å²) in [5.41, 5.74) is 1.22. The van der Waals surface area contributed by atoms with Crippen LogP contribution in [0, 0.1) is 11.6 Å². The molecule has 0 bridgehead atoms. The highest BCUT2D eigenvalue weighted by Crippen LogP contribution is 2.32. The molecule has 0 unspecified atom stereocenters. The first-order valence-corrected chi connectivity index (χ1v) is 10.7. The number of benzene rings is 3. The van der Waals surface area contributed by atoms with Gasteiger partial charge in [0.25, 0.3) is 0 Å². The Kier molecular flexibility index (Phi) is 5.87. The Balaban J connectivity index is 1.60. The molecule has 0 radical (unpaired) electrons. The number of thiazole rings is 1. The monoisotopic (exact) mass is 426 g/mol. The highest BCUT2D eigenvalue weighted by Gasteiger charge is 2.21. The maximum atomic E-state index is 14.1. The second-order valence-corrected chi connectivity index (χ2v) is 8.35. The molecule has 0 spiro atoms. The molecule has 0 fully saturated rings. The summed E-state index contributed by atoms with van der Waals surface area (Å²) in [5.74, 6) is -0.708. The molecule has 0 aliphatic carbocycles. The van der Waals surface area contributed by atoms with Crippen LogP contribution in [0.1, 0.15) is 5.56 Å². The summed E-state index contributed by atoms with van der Waals surface area (Å²) in [4.78, 5) is 19.8. The standard InChI is InChI=1S/C22H16F2N2OS2/c23-16-9-11-17(12-10-16)28-14-20(27)26(13-15-5-2-1-3-6-15)22-25-21-18(24)7-4-8-19(21)29-22/h1-12H,13-14H2. The first-order valence-electron chi connectivity index (χ1n) is 8.88. The highest BCUT2D eigenvalue weighted by molar-refractivity contribution is 8.00. The van der Waals surface area contributed by atoms with Crippen molar-refractivity contribution in [1.29, 1.82) is 0 Å². The number of thioether (sulfide) groups is 1. The second kappa shape index (κ2) is 8.71. The normalized spacial score (nSPS) is 11.0. The van der Waals surface area contributed by atoms with Gasteiger partial charge in [-0.2, -0.15) is 0 Å². The number of hydrogen-bond donors (Lipinski definition) is 0. The van der Waals surface area contributed by atoms with Crippen LogP contribution in [0.3, 0.4) is 0 Å². The van der Waals surface area contributed by atoms with Crippen LogP contribution in [0.15, 0.2) is 77.7 Å². The van der Waals surface area contributed by atoms with E-state index in [2.05, 4.69) is 4.98 Å². The lowest BCUT2D eigenvalue weighted by molar-refractivity contribution is -0.116. The van der Waals surface area contributed by atoms with E-state index in [9.17, 15) is 13.6 Å². The van der Waals surface area contributed by atoms with E-state index in [0.29, 0.717) is 16.4 Å². The fourth-order valence-corrected chi connectivity index (χ4v) is 4.57. The predicted octanol–water partition coefficient (Wildman–Crippen LogP) is 5.90. The fraction of sp³-hybridized carbons (Fsp3) is 0.0909. The van der Waals surface area contributed by atoms with Gasteiger partial charge in [0.1, 0.15) is 17.2 Å². The van der Waals surface area contributed by atoms with Crippen molar-refractivity contribution in [3.05, 3.63) is 90.0 Å². The van der Waals surface area contributed by atoms with Crippen molar-refractivity contribution in [1.82, 2.24) is 4.98 Å². The third-order valence-corrected chi connectivity index (χ3v) is 6.29. The van der Waals surface area contributed by atoms with Crippen LogP contribution in [0.25, 0.3) is 10.2 Å². The highest BCUT2D eigenvalue weighted by atomic mass is 32.2. The Hall–Kier alpha value is -2.77. The molecular formula is C22H16F2N2OS2. The molecule has 146 valence electrons. The number of amides is 1. The lowest BCUT2D eigenvalue weighted by Crippen LogP contribution is -2.31. The molecule has 1 heterocycles. The number of carbonyl (C=O) groups is 1. The summed E-state index contributed by atoms with van der Waals surface area (Å²) < 4.78 is 27.9. The van der Waals surface area contributed by atoms with E-state index < -0.39 is 5.82 Å². The van der Waals surface area contributed by atoms with Gasteiger partial charge in [-0.25, -0.2) is 13.8 Å². The molecule has 0 N–H and O–H groups in total. The van der Waals surface area contributed by atoms with E-state index in [0.717, 1.165) is 10.5 Å². The summed E-state index contributed by atoms with van der Waals surface area (Å²) >= 11 is 2.61. The third-order valence-electron chi connectivity index (χ3n) is 4.25. The first kappa shape index (κ1) is 19.5. The number of para-hydroxylation sites is 1. The molecule has 29 heavy (non-hydrogen) atoms. The average Bonchev–Trinajstić information content (AvgIpc) is 3.17. The SMILES string of the molecule is O=C(CSc1ccc(F)cc1)N(Cc1ccccc1)c1nc2c(F)cccc2s1. The second-order valence-electron chi connectivity index (χ2n) is 6.29. The lowest BCUT2D eigenvalue weighted by Gasteiger charge is -2.20. The van der Waals surface area contributed by atoms with Gasteiger partial charge in [-0.1, -0.05) is 47.7 Å². The zero-order valence-electron chi connectivity index (χ0n) is 15.2. The Morgan fingerprint density at radius 1 is 0.966 bits per heavy atom. The first-order chi connectivity index (χ1) is 14.1. The van der Waals surface area contributed by atoms with Crippen molar-refractivity contribution in [2.24, 2.45) is 0 Å². The van der Waals surface area contributed by atoms with Gasteiger partial charge in [-0.15, -0.1) is 11.8 Å². The maximum absolute atomic E-state index is 14.1. The molecule has 0 saturated carbocycles. The van der Waals surface area contributed by atoms with E-state index in [1.807, 2.05) is 30.3 Å². The van der Waals surface area contributed by atoms with Gasteiger partial charge in [-0.05, 0) is 42.0 Å². The molecular weight excluding hydrogens is 410 g/mol. The summed E-state index contributed by atoms with van der Waals surface area (Å²) in [5, 5.41) is 0.457. The summed E-state index contributed by atoms with van der Waals surface area (Å²) in [6.45, 7) is 0.338. The Labute approximate surface area is 175 Å². The van der Waals surface area contributed by atoms with Crippen molar-refractivity contribution in [3.8, 4) is 0 Å². The maximum Gasteiger partial charge on any atom is 0.239 e. The number of anilines is 1. The molecule has 3 nitrogen and oxygen atoms in total. The van der Waals surface area contributed by atoms with Gasteiger partial charge in [0, 0.05) is 4.90 Å². The zero-order valence-corrected chi connectivity index (χ0v) is 16.9. The average molecular weight is 427 g/mol. The minimum Gasteiger partial charge on any atom is -0.283 e. The minimum absolute atomic E-state index is 0.150. The van der Waals surface area contributed by atoms with E-state index in [-0.39, 0.29) is 23.0 Å². The topological polar surface area (TPSA) is 33.2 Å². The minimum atomic E-state index is -0.405. The summed E-state index contributed by atoms with van der Waals surface area (Å²) in [6.07, 6.45) is 0. The molecule has 0 saturated heterocycles. The quantitative estimate of drug-likeness (QED) is 0.360. The van der Waals surface area contributed by atoms with Crippen LogP contribution in [0.4, 0.5) is 13.9 Å². The van der Waals surface area contributed by atoms with Gasteiger partial charge in [0.05, 0.1) is 17.0 Å². The molecule has 3 aromatic carbocycles. The fourth-order valence-electron chi connectivity index (χ4n) is 2.80. The number of rotatable bonds is 6. The number of nitrogens with zero attached hydrogens (tertiary/aromatic N) is 2. The van der Waals surface area contributed by atoms with E-state index in [1.165, 1.54) is 41.3 Å². The van der Waals surface area contributed by atoms with Crippen molar-refractivity contribution in [3.63, 3.8) is 0 Å². The van der Waals surface area contributed by atoms with E-state index >= 15 is 0 Å². The van der Waals surface area contributed by atoms with Gasteiger partial charge in [-0.3, -0.25) is 9.69 Å². The van der Waals surface area contributed by atoms with Crippen LogP contribution >= 0.6 is 23.1 Å². The smallest absolute Gasteiger partial charge is 0.239 e. The largest absolute Gasteiger partial charge is 0.283 e. The molecule has 1 aromatic heterocycles. The Morgan fingerprint density at radius 2 is 1.72 bits per heavy atom. The number of fused-ring (bicyclic) bond motifs is 1. The van der Waals surface area contributed by atoms with Gasteiger partial charge >= 0.3 is 0 Å². The number of hydrogen-bond acceptors (Lipinski definition) is 4.